The molecule has 1 aromatic carbocycles. The number of hydrogen-bond acceptors (Lipinski definition) is 1. The maximum Gasteiger partial charge on any atom is 0.0238 e. The molecule has 1 N–H and O–H groups in total. The zero-order valence-electron chi connectivity index (χ0n) is 13.0. The first kappa shape index (κ1) is 16.5. The van der Waals surface area contributed by atoms with Gasteiger partial charge in [-0.15, -0.1) is 11.6 Å². The molecule has 0 aliphatic rings. The minimum atomic E-state index is 0.243. The molecule has 0 fully saturated rings. The quantitative estimate of drug-likeness (QED) is 0.728. The maximum absolute atomic E-state index is 5.90. The molecule has 0 heterocycles. The van der Waals surface area contributed by atoms with Crippen molar-refractivity contribution in [2.24, 2.45) is 5.41 Å². The Morgan fingerprint density at radius 3 is 2.11 bits per heavy atom. The molecule has 0 aromatic heterocycles. The summed E-state index contributed by atoms with van der Waals surface area (Å²) in [5, 5.41) is 3.64. The van der Waals surface area contributed by atoms with Gasteiger partial charge in [0.15, 0.2) is 0 Å². The van der Waals surface area contributed by atoms with E-state index in [9.17, 15) is 0 Å². The molecule has 108 valence electrons. The van der Waals surface area contributed by atoms with Gasteiger partial charge in [-0.2, -0.15) is 0 Å². The van der Waals surface area contributed by atoms with Crippen molar-refractivity contribution in [2.75, 3.05) is 5.88 Å². The first-order valence-electron chi connectivity index (χ1n) is 7.22. The lowest BCUT2D eigenvalue weighted by atomic mass is 9.85. The van der Waals surface area contributed by atoms with Crippen LogP contribution in [0.3, 0.4) is 0 Å². The molecule has 2 heteroatoms. The van der Waals surface area contributed by atoms with E-state index in [1.54, 1.807) is 0 Å². The zero-order chi connectivity index (χ0) is 14.5. The molecule has 0 aliphatic heterocycles. The average molecular weight is 282 g/mol. The van der Waals surface area contributed by atoms with Gasteiger partial charge in [0.05, 0.1) is 0 Å². The molecule has 1 atom stereocenters. The average Bonchev–Trinajstić information content (AvgIpc) is 2.33. The smallest absolute Gasteiger partial charge is 0.0238 e. The van der Waals surface area contributed by atoms with E-state index in [4.69, 9.17) is 11.6 Å². The summed E-state index contributed by atoms with van der Waals surface area (Å²) in [4.78, 5) is 0. The van der Waals surface area contributed by atoms with Gasteiger partial charge in [0.2, 0.25) is 0 Å². The van der Waals surface area contributed by atoms with Crippen LogP contribution in [0.2, 0.25) is 0 Å². The van der Waals surface area contributed by atoms with Gasteiger partial charge in [-0.1, -0.05) is 58.9 Å². The predicted molar refractivity (Wildman–Crippen MR) is 86.0 cm³/mol. The summed E-state index contributed by atoms with van der Waals surface area (Å²) in [6.45, 7) is 12.2. The molecule has 0 saturated carbocycles. The van der Waals surface area contributed by atoms with Crippen molar-refractivity contribution in [3.05, 3.63) is 35.4 Å². The second-order valence-corrected chi connectivity index (χ2v) is 7.05. The predicted octanol–water partition coefficient (Wildman–Crippen LogP) is 4.94. The van der Waals surface area contributed by atoms with Crippen LogP contribution in [-0.4, -0.2) is 11.9 Å². The van der Waals surface area contributed by atoms with E-state index in [1.165, 1.54) is 11.1 Å². The minimum absolute atomic E-state index is 0.243. The molecule has 0 aliphatic carbocycles. The molecule has 19 heavy (non-hydrogen) atoms. The van der Waals surface area contributed by atoms with Crippen molar-refractivity contribution in [2.45, 2.75) is 59.5 Å². The van der Waals surface area contributed by atoms with Gasteiger partial charge in [0, 0.05) is 18.5 Å². The molecule has 0 radical (unpaired) electrons. The van der Waals surface area contributed by atoms with Gasteiger partial charge >= 0.3 is 0 Å². The second kappa shape index (κ2) is 7.31. The Morgan fingerprint density at radius 1 is 1.11 bits per heavy atom. The van der Waals surface area contributed by atoms with Crippen LogP contribution in [0.15, 0.2) is 24.3 Å². The Hall–Kier alpha value is -0.530. The van der Waals surface area contributed by atoms with Crippen LogP contribution in [0, 0.1) is 5.41 Å². The van der Waals surface area contributed by atoms with Gasteiger partial charge in [-0.05, 0) is 28.9 Å². The van der Waals surface area contributed by atoms with Crippen LogP contribution in [-0.2, 0) is 6.54 Å². The molecule has 0 amide bonds. The third-order valence-electron chi connectivity index (χ3n) is 3.64. The molecular formula is C17H28ClN. The Morgan fingerprint density at radius 2 is 1.68 bits per heavy atom. The molecule has 1 aromatic rings. The molecule has 0 bridgehead atoms. The first-order chi connectivity index (χ1) is 8.84. The maximum atomic E-state index is 5.90. The van der Waals surface area contributed by atoms with Gasteiger partial charge < -0.3 is 5.32 Å². The van der Waals surface area contributed by atoms with E-state index in [0.29, 0.717) is 17.8 Å². The van der Waals surface area contributed by atoms with Crippen molar-refractivity contribution in [3.63, 3.8) is 0 Å². The lowest BCUT2D eigenvalue weighted by Crippen LogP contribution is -2.40. The largest absolute Gasteiger partial charge is 0.309 e. The van der Waals surface area contributed by atoms with Gasteiger partial charge in [0.25, 0.3) is 0 Å². The summed E-state index contributed by atoms with van der Waals surface area (Å²) in [6, 6.07) is 9.37. The van der Waals surface area contributed by atoms with Crippen molar-refractivity contribution >= 4 is 11.6 Å². The Balaban J connectivity index is 2.59. The molecule has 0 saturated heterocycles. The highest BCUT2D eigenvalue weighted by atomic mass is 35.5. The van der Waals surface area contributed by atoms with E-state index in [0.717, 1.165) is 13.0 Å². The minimum Gasteiger partial charge on any atom is -0.309 e. The number of halogens is 1. The summed E-state index contributed by atoms with van der Waals surface area (Å²) in [6.07, 6.45) is 1.01. The van der Waals surface area contributed by atoms with Crippen LogP contribution in [0.4, 0.5) is 0 Å². The van der Waals surface area contributed by atoms with Gasteiger partial charge in [-0.3, -0.25) is 0 Å². The van der Waals surface area contributed by atoms with E-state index in [2.05, 4.69) is 64.2 Å². The lowest BCUT2D eigenvalue weighted by Gasteiger charge is -2.31. The summed E-state index contributed by atoms with van der Waals surface area (Å²) >= 11 is 5.90. The summed E-state index contributed by atoms with van der Waals surface area (Å²) in [5.74, 6) is 1.31. The number of rotatable bonds is 6. The number of hydrogen-bond donors (Lipinski definition) is 1. The normalized spacial score (nSPS) is 13.8. The zero-order valence-corrected chi connectivity index (χ0v) is 13.7. The monoisotopic (exact) mass is 281 g/mol. The molecule has 1 nitrogen and oxygen atoms in total. The highest BCUT2D eigenvalue weighted by Gasteiger charge is 2.23. The Kier molecular flexibility index (Phi) is 6.35. The van der Waals surface area contributed by atoms with Crippen molar-refractivity contribution in [1.82, 2.24) is 5.32 Å². The van der Waals surface area contributed by atoms with E-state index in [-0.39, 0.29) is 5.41 Å². The lowest BCUT2D eigenvalue weighted by molar-refractivity contribution is 0.260. The van der Waals surface area contributed by atoms with E-state index >= 15 is 0 Å². The van der Waals surface area contributed by atoms with Crippen LogP contribution < -0.4 is 5.32 Å². The first-order valence-corrected chi connectivity index (χ1v) is 7.76. The van der Waals surface area contributed by atoms with Crippen molar-refractivity contribution in [1.29, 1.82) is 0 Å². The van der Waals surface area contributed by atoms with Crippen molar-refractivity contribution < 1.29 is 0 Å². The van der Waals surface area contributed by atoms with Gasteiger partial charge in [0.1, 0.15) is 0 Å². The SMILES string of the molecule is CC(C)c1ccc(CNC(CCCl)C(C)(C)C)cc1. The van der Waals surface area contributed by atoms with Gasteiger partial charge in [-0.25, -0.2) is 0 Å². The molecule has 1 unspecified atom stereocenters. The van der Waals surface area contributed by atoms with E-state index in [1.807, 2.05) is 0 Å². The Labute approximate surface area is 123 Å². The topological polar surface area (TPSA) is 12.0 Å². The fourth-order valence-corrected chi connectivity index (χ4v) is 2.43. The third kappa shape index (κ3) is 5.54. The number of benzene rings is 1. The summed E-state index contributed by atoms with van der Waals surface area (Å²) < 4.78 is 0. The van der Waals surface area contributed by atoms with Crippen molar-refractivity contribution in [3.8, 4) is 0 Å². The van der Waals surface area contributed by atoms with Crippen LogP contribution in [0.25, 0.3) is 0 Å². The molecular weight excluding hydrogens is 254 g/mol. The fourth-order valence-electron chi connectivity index (χ4n) is 2.21. The standard InChI is InChI=1S/C17H28ClN/c1-13(2)15-8-6-14(7-9-15)12-19-16(10-11-18)17(3,4)5/h6-9,13,16,19H,10-12H2,1-5H3. The highest BCUT2D eigenvalue weighted by Crippen LogP contribution is 2.23. The molecule has 1 rings (SSSR count). The second-order valence-electron chi connectivity index (χ2n) is 6.67. The molecule has 0 spiro atoms. The Bertz CT molecular complexity index is 362. The number of alkyl halides is 1. The van der Waals surface area contributed by atoms with E-state index < -0.39 is 0 Å². The summed E-state index contributed by atoms with van der Waals surface area (Å²) in [5.41, 5.74) is 2.98. The van der Waals surface area contributed by atoms with Crippen LogP contribution in [0.5, 0.6) is 0 Å². The number of nitrogens with one attached hydrogen (secondary N) is 1. The fraction of sp³-hybridized carbons (Fsp3) is 0.647. The highest BCUT2D eigenvalue weighted by molar-refractivity contribution is 6.17. The third-order valence-corrected chi connectivity index (χ3v) is 3.86. The summed E-state index contributed by atoms with van der Waals surface area (Å²) in [7, 11) is 0. The van der Waals surface area contributed by atoms with Crippen LogP contribution >= 0.6 is 11.6 Å². The van der Waals surface area contributed by atoms with Crippen LogP contribution in [0.1, 0.15) is 58.1 Å².